The second-order valence-electron chi connectivity index (χ2n) is 8.46. The number of benzene rings is 2. The predicted molar refractivity (Wildman–Crippen MR) is 109 cm³/mol. The number of rotatable bonds is 2. The van der Waals surface area contributed by atoms with E-state index < -0.39 is 0 Å². The van der Waals surface area contributed by atoms with E-state index in [1.807, 2.05) is 0 Å². The molecular weight excluding hydrogens is 314 g/mol. The molecule has 0 fully saturated rings. The van der Waals surface area contributed by atoms with Crippen LogP contribution in [0.4, 0.5) is 0 Å². The lowest BCUT2D eigenvalue weighted by Gasteiger charge is -2.25. The highest BCUT2D eigenvalue weighted by atomic mass is 14.9. The van der Waals surface area contributed by atoms with E-state index in [4.69, 9.17) is 0 Å². The van der Waals surface area contributed by atoms with Crippen molar-refractivity contribution in [3.8, 4) is 22.4 Å². The lowest BCUT2D eigenvalue weighted by molar-refractivity contribution is -0.660. The molecule has 0 amide bonds. The highest BCUT2D eigenvalue weighted by Crippen LogP contribution is 2.53. The second kappa shape index (κ2) is 5.81. The summed E-state index contributed by atoms with van der Waals surface area (Å²) < 4.78 is 2.24. The molecule has 0 N–H and O–H groups in total. The van der Waals surface area contributed by atoms with Gasteiger partial charge in [0.25, 0.3) is 0 Å². The lowest BCUT2D eigenvalue weighted by Crippen LogP contribution is -2.31. The number of fused-ring (bicyclic) bond motifs is 3. The molecule has 1 heteroatoms. The third kappa shape index (κ3) is 2.34. The zero-order chi connectivity index (χ0) is 18.6. The molecule has 0 saturated heterocycles. The first kappa shape index (κ1) is 17.0. The molecule has 0 unspecified atom stereocenters. The van der Waals surface area contributed by atoms with Crippen molar-refractivity contribution >= 4 is 0 Å². The number of aromatic nitrogens is 1. The van der Waals surface area contributed by atoms with E-state index >= 15 is 0 Å². The van der Waals surface area contributed by atoms with Crippen molar-refractivity contribution < 1.29 is 4.57 Å². The van der Waals surface area contributed by atoms with Crippen molar-refractivity contribution in [2.75, 3.05) is 0 Å². The average molecular weight is 343 g/mol. The predicted octanol–water partition coefficient (Wildman–Crippen LogP) is 5.92. The quantitative estimate of drug-likeness (QED) is 0.509. The van der Waals surface area contributed by atoms with Gasteiger partial charge in [-0.15, -0.1) is 0 Å². The van der Waals surface area contributed by atoms with Crippen LogP contribution >= 0.6 is 0 Å². The van der Waals surface area contributed by atoms with Gasteiger partial charge in [-0.1, -0.05) is 58.0 Å². The maximum atomic E-state index is 2.43. The number of nitrogens with zero attached hydrogens (tertiary/aromatic N) is 1. The Balaban J connectivity index is 2.05. The molecule has 2 aromatic carbocycles. The summed E-state index contributed by atoms with van der Waals surface area (Å²) >= 11 is 0. The van der Waals surface area contributed by atoms with Crippen molar-refractivity contribution in [3.63, 3.8) is 0 Å². The fourth-order valence-electron chi connectivity index (χ4n) is 4.50. The van der Waals surface area contributed by atoms with E-state index in [0.717, 1.165) is 0 Å². The maximum Gasteiger partial charge on any atom is 0.212 e. The van der Waals surface area contributed by atoms with E-state index in [1.165, 1.54) is 44.6 Å². The normalized spacial score (nSPS) is 14.4. The van der Waals surface area contributed by atoms with Gasteiger partial charge in [0.2, 0.25) is 5.69 Å². The minimum Gasteiger partial charge on any atom is -0.201 e. The van der Waals surface area contributed by atoms with Crippen LogP contribution in [0.1, 0.15) is 55.9 Å². The summed E-state index contributed by atoms with van der Waals surface area (Å²) in [6, 6.07) is 18.1. The summed E-state index contributed by atoms with van der Waals surface area (Å²) in [6.07, 6.45) is 2.14. The van der Waals surface area contributed by atoms with E-state index in [1.54, 1.807) is 0 Å². The molecule has 1 aromatic heterocycles. The highest BCUT2D eigenvalue weighted by molar-refractivity contribution is 5.88. The largest absolute Gasteiger partial charge is 0.212 e. The summed E-state index contributed by atoms with van der Waals surface area (Å²) in [6.45, 7) is 11.6. The molecule has 0 aliphatic heterocycles. The van der Waals surface area contributed by atoms with Crippen LogP contribution in [0, 0.1) is 6.92 Å². The van der Waals surface area contributed by atoms with Gasteiger partial charge in [-0.05, 0) is 52.3 Å². The Bertz CT molecular complexity index is 1010. The molecule has 3 aromatic rings. The van der Waals surface area contributed by atoms with Crippen LogP contribution in [0.3, 0.4) is 0 Å². The number of pyridine rings is 1. The summed E-state index contributed by atoms with van der Waals surface area (Å²) in [5.74, 6) is 0.549. The first-order chi connectivity index (χ1) is 12.3. The molecule has 26 heavy (non-hydrogen) atoms. The molecule has 1 heterocycles. The highest BCUT2D eigenvalue weighted by Gasteiger charge is 2.39. The Labute approximate surface area is 157 Å². The van der Waals surface area contributed by atoms with Gasteiger partial charge in [0, 0.05) is 17.5 Å². The topological polar surface area (TPSA) is 3.88 Å². The van der Waals surface area contributed by atoms with Crippen molar-refractivity contribution in [1.82, 2.24) is 0 Å². The van der Waals surface area contributed by atoms with Crippen LogP contribution in [0.15, 0.2) is 54.7 Å². The second-order valence-corrected chi connectivity index (χ2v) is 8.46. The van der Waals surface area contributed by atoms with Gasteiger partial charge in [-0.25, -0.2) is 4.57 Å². The molecule has 0 radical (unpaired) electrons. The Morgan fingerprint density at radius 3 is 2.35 bits per heavy atom. The van der Waals surface area contributed by atoms with Gasteiger partial charge < -0.3 is 0 Å². The lowest BCUT2D eigenvalue weighted by atomic mass is 9.77. The molecule has 0 bridgehead atoms. The fraction of sp³-hybridized carbons (Fsp3) is 0.320. The molecule has 0 spiro atoms. The zero-order valence-electron chi connectivity index (χ0n) is 16.7. The van der Waals surface area contributed by atoms with E-state index in [-0.39, 0.29) is 5.41 Å². The van der Waals surface area contributed by atoms with Gasteiger partial charge in [0.05, 0.1) is 5.56 Å². The Hall–Kier alpha value is -2.41. The van der Waals surface area contributed by atoms with E-state index in [2.05, 4.69) is 101 Å². The van der Waals surface area contributed by atoms with Crippen molar-refractivity contribution in [2.24, 2.45) is 7.05 Å². The van der Waals surface area contributed by atoms with E-state index in [9.17, 15) is 0 Å². The average Bonchev–Trinajstić information content (AvgIpc) is 2.83. The summed E-state index contributed by atoms with van der Waals surface area (Å²) in [5.41, 5.74) is 11.2. The van der Waals surface area contributed by atoms with Gasteiger partial charge in [0.15, 0.2) is 6.20 Å². The molecule has 0 saturated carbocycles. The molecule has 1 aliphatic rings. The third-order valence-corrected chi connectivity index (χ3v) is 6.02. The van der Waals surface area contributed by atoms with Crippen LogP contribution in [-0.4, -0.2) is 0 Å². The first-order valence-corrected chi connectivity index (χ1v) is 9.56. The monoisotopic (exact) mass is 342 g/mol. The summed E-state index contributed by atoms with van der Waals surface area (Å²) in [4.78, 5) is 0. The van der Waals surface area contributed by atoms with Gasteiger partial charge >= 0.3 is 0 Å². The smallest absolute Gasteiger partial charge is 0.201 e. The fourth-order valence-corrected chi connectivity index (χ4v) is 4.50. The van der Waals surface area contributed by atoms with Crippen LogP contribution in [-0.2, 0) is 12.5 Å². The Kier molecular flexibility index (Phi) is 3.80. The van der Waals surface area contributed by atoms with Gasteiger partial charge in [0.1, 0.15) is 7.05 Å². The molecule has 4 rings (SSSR count). The summed E-state index contributed by atoms with van der Waals surface area (Å²) in [7, 11) is 2.14. The Morgan fingerprint density at radius 1 is 0.923 bits per heavy atom. The minimum absolute atomic E-state index is 0.000237. The van der Waals surface area contributed by atoms with Crippen molar-refractivity contribution in [2.45, 2.75) is 46.0 Å². The first-order valence-electron chi connectivity index (χ1n) is 9.56. The van der Waals surface area contributed by atoms with Crippen LogP contribution in [0.2, 0.25) is 0 Å². The van der Waals surface area contributed by atoms with Crippen LogP contribution < -0.4 is 4.57 Å². The number of aryl methyl sites for hydroxylation is 2. The molecule has 1 aliphatic carbocycles. The third-order valence-electron chi connectivity index (χ3n) is 6.02. The maximum absolute atomic E-state index is 2.43. The standard InChI is InChI=1S/C25H28N/c1-16(2)18-11-13-19-20-12-10-17(3)23(22-9-7-8-14-26(22)6)24(20)25(4,5)21(19)15-18/h7-16H,1-6H3/q+1. The van der Waals surface area contributed by atoms with Crippen molar-refractivity contribution in [1.29, 1.82) is 0 Å². The molecule has 0 atom stereocenters. The number of hydrogen-bond donors (Lipinski definition) is 0. The Morgan fingerprint density at radius 2 is 1.65 bits per heavy atom. The van der Waals surface area contributed by atoms with Gasteiger partial charge in [-0.3, -0.25) is 0 Å². The molecule has 132 valence electrons. The zero-order valence-corrected chi connectivity index (χ0v) is 16.7. The van der Waals surface area contributed by atoms with E-state index in [0.29, 0.717) is 5.92 Å². The van der Waals surface area contributed by atoms with Crippen LogP contribution in [0.5, 0.6) is 0 Å². The summed E-state index contributed by atoms with van der Waals surface area (Å²) in [5, 5.41) is 0. The molecular formula is C25H28N+. The number of hydrogen-bond acceptors (Lipinski definition) is 0. The van der Waals surface area contributed by atoms with Crippen molar-refractivity contribution in [3.05, 3.63) is 77.0 Å². The minimum atomic E-state index is -0.000237. The molecule has 1 nitrogen and oxygen atoms in total. The van der Waals surface area contributed by atoms with Crippen LogP contribution in [0.25, 0.3) is 22.4 Å². The SMILES string of the molecule is Cc1ccc2c(c1-c1cccc[n+]1C)C(C)(C)c1cc(C(C)C)ccc1-2. The van der Waals surface area contributed by atoms with Gasteiger partial charge in [-0.2, -0.15) is 0 Å².